The highest BCUT2D eigenvalue weighted by Crippen LogP contribution is 2.23. The Balaban J connectivity index is 1.51. The molecular weight excluding hydrogens is 313 g/mol. The van der Waals surface area contributed by atoms with E-state index in [2.05, 4.69) is 15.5 Å². The fourth-order valence-electron chi connectivity index (χ4n) is 2.65. The van der Waals surface area contributed by atoms with E-state index < -0.39 is 5.82 Å². The summed E-state index contributed by atoms with van der Waals surface area (Å²) in [7, 11) is 0. The summed E-state index contributed by atoms with van der Waals surface area (Å²) in [5.74, 6) is -0.724. The van der Waals surface area contributed by atoms with Gasteiger partial charge in [-0.2, -0.15) is 5.10 Å². The van der Waals surface area contributed by atoms with Crippen LogP contribution in [0.2, 0.25) is 0 Å². The van der Waals surface area contributed by atoms with Gasteiger partial charge in [-0.1, -0.05) is 12.1 Å². The Labute approximate surface area is 139 Å². The fourth-order valence-corrected chi connectivity index (χ4v) is 2.65. The van der Waals surface area contributed by atoms with Crippen LogP contribution in [0.5, 0.6) is 0 Å². The predicted molar refractivity (Wildman–Crippen MR) is 86.1 cm³/mol. The third kappa shape index (κ3) is 3.98. The molecule has 1 aromatic heterocycles. The topological polar surface area (TPSA) is 76.2 Å². The zero-order valence-corrected chi connectivity index (χ0v) is 13.3. The summed E-state index contributed by atoms with van der Waals surface area (Å²) in [6.45, 7) is 2.11. The molecule has 1 aliphatic heterocycles. The van der Waals surface area contributed by atoms with E-state index in [1.165, 1.54) is 12.3 Å². The van der Waals surface area contributed by atoms with Gasteiger partial charge in [0.25, 0.3) is 5.91 Å². The molecule has 0 spiro atoms. The molecule has 1 saturated heterocycles. The number of carbonyl (C=O) groups excluding carboxylic acids is 1. The zero-order valence-electron chi connectivity index (χ0n) is 13.3. The first kappa shape index (κ1) is 16.6. The van der Waals surface area contributed by atoms with Gasteiger partial charge in [-0.15, -0.1) is 0 Å². The van der Waals surface area contributed by atoms with Crippen molar-refractivity contribution in [2.75, 3.05) is 26.4 Å². The molecule has 0 aliphatic carbocycles. The lowest BCUT2D eigenvalue weighted by Gasteiger charge is -2.10. The molecule has 3 rings (SSSR count). The summed E-state index contributed by atoms with van der Waals surface area (Å²) < 4.78 is 24.8. The summed E-state index contributed by atoms with van der Waals surface area (Å²) in [6.07, 6.45) is 3.66. The molecule has 128 valence electrons. The molecule has 0 bridgehead atoms. The molecule has 2 N–H and O–H groups in total. The molecule has 1 fully saturated rings. The zero-order chi connectivity index (χ0) is 16.8. The van der Waals surface area contributed by atoms with Crippen LogP contribution in [0, 0.1) is 5.82 Å². The van der Waals surface area contributed by atoms with Gasteiger partial charge in [0.2, 0.25) is 0 Å². The first-order chi connectivity index (χ1) is 11.8. The number of rotatable bonds is 7. The number of aromatic amines is 1. The van der Waals surface area contributed by atoms with Crippen molar-refractivity contribution >= 4 is 5.91 Å². The number of H-pyrrole nitrogens is 1. The summed E-state index contributed by atoms with van der Waals surface area (Å²) in [4.78, 5) is 12.3. The molecule has 0 radical (unpaired) electrons. The predicted octanol–water partition coefficient (Wildman–Crippen LogP) is 2.14. The first-order valence-corrected chi connectivity index (χ1v) is 8.01. The van der Waals surface area contributed by atoms with Crippen LogP contribution in [0.25, 0.3) is 11.3 Å². The van der Waals surface area contributed by atoms with E-state index in [0.29, 0.717) is 36.6 Å². The van der Waals surface area contributed by atoms with Crippen LogP contribution in [0.1, 0.15) is 23.2 Å². The summed E-state index contributed by atoms with van der Waals surface area (Å²) >= 11 is 0. The minimum absolute atomic E-state index is 0.169. The highest BCUT2D eigenvalue weighted by Gasteiger charge is 2.18. The maximum Gasteiger partial charge on any atom is 0.255 e. The highest BCUT2D eigenvalue weighted by molar-refractivity contribution is 5.99. The van der Waals surface area contributed by atoms with Crippen molar-refractivity contribution in [3.8, 4) is 11.3 Å². The van der Waals surface area contributed by atoms with Crippen LogP contribution in [0.3, 0.4) is 0 Å². The Morgan fingerprint density at radius 1 is 1.46 bits per heavy atom. The van der Waals surface area contributed by atoms with E-state index >= 15 is 0 Å². The quantitative estimate of drug-likeness (QED) is 0.761. The second-order valence-corrected chi connectivity index (χ2v) is 5.60. The lowest BCUT2D eigenvalue weighted by atomic mass is 10.1. The number of carbonyl (C=O) groups is 1. The van der Waals surface area contributed by atoms with Crippen molar-refractivity contribution in [3.05, 3.63) is 41.8 Å². The molecular formula is C17H20FN3O3. The third-order valence-corrected chi connectivity index (χ3v) is 3.89. The van der Waals surface area contributed by atoms with Crippen LogP contribution in [0.15, 0.2) is 30.5 Å². The van der Waals surface area contributed by atoms with Gasteiger partial charge in [0, 0.05) is 18.7 Å². The van der Waals surface area contributed by atoms with Gasteiger partial charge in [-0.3, -0.25) is 9.89 Å². The van der Waals surface area contributed by atoms with Gasteiger partial charge < -0.3 is 14.8 Å². The standard InChI is InChI=1S/C17H20FN3O3/c18-15-6-2-1-5-13(15)16-14(10-20-21-16)17(22)19-7-9-23-11-12-4-3-8-24-12/h1-2,5-6,10,12H,3-4,7-9,11H2,(H,19,22)(H,20,21). The Morgan fingerprint density at radius 3 is 3.12 bits per heavy atom. The maximum atomic E-state index is 13.9. The number of hydrogen-bond acceptors (Lipinski definition) is 4. The Bertz CT molecular complexity index is 683. The van der Waals surface area contributed by atoms with Crippen LogP contribution >= 0.6 is 0 Å². The molecule has 2 aromatic rings. The second kappa shape index (κ2) is 8.03. The van der Waals surface area contributed by atoms with Gasteiger partial charge in [-0.05, 0) is 25.0 Å². The molecule has 1 aliphatic rings. The molecule has 6 nitrogen and oxygen atoms in total. The van der Waals surface area contributed by atoms with E-state index in [-0.39, 0.29) is 12.0 Å². The minimum atomic E-state index is -0.407. The smallest absolute Gasteiger partial charge is 0.255 e. The number of ether oxygens (including phenoxy) is 2. The SMILES string of the molecule is O=C(NCCOCC1CCCO1)c1cn[nH]c1-c1ccccc1F. The van der Waals surface area contributed by atoms with Crippen molar-refractivity contribution in [3.63, 3.8) is 0 Å². The second-order valence-electron chi connectivity index (χ2n) is 5.60. The number of benzene rings is 1. The summed E-state index contributed by atoms with van der Waals surface area (Å²) in [5.41, 5.74) is 0.986. The van der Waals surface area contributed by atoms with Gasteiger partial charge in [0.15, 0.2) is 0 Å². The molecule has 24 heavy (non-hydrogen) atoms. The van der Waals surface area contributed by atoms with E-state index in [4.69, 9.17) is 9.47 Å². The molecule has 2 heterocycles. The van der Waals surface area contributed by atoms with E-state index in [9.17, 15) is 9.18 Å². The highest BCUT2D eigenvalue weighted by atomic mass is 19.1. The number of amides is 1. The maximum absolute atomic E-state index is 13.9. The first-order valence-electron chi connectivity index (χ1n) is 8.01. The number of aromatic nitrogens is 2. The number of halogens is 1. The van der Waals surface area contributed by atoms with Gasteiger partial charge in [0.1, 0.15) is 5.82 Å². The van der Waals surface area contributed by atoms with Crippen molar-refractivity contribution in [2.24, 2.45) is 0 Å². The van der Waals surface area contributed by atoms with E-state index in [1.54, 1.807) is 18.2 Å². The van der Waals surface area contributed by atoms with Gasteiger partial charge in [-0.25, -0.2) is 4.39 Å². The van der Waals surface area contributed by atoms with Gasteiger partial charge in [0.05, 0.1) is 36.8 Å². The van der Waals surface area contributed by atoms with Crippen LogP contribution in [0.4, 0.5) is 4.39 Å². The van der Waals surface area contributed by atoms with Gasteiger partial charge >= 0.3 is 0 Å². The summed E-state index contributed by atoms with van der Waals surface area (Å²) in [5, 5.41) is 9.29. The Kier molecular flexibility index (Phi) is 5.55. The van der Waals surface area contributed by atoms with Crippen LogP contribution in [-0.2, 0) is 9.47 Å². The summed E-state index contributed by atoms with van der Waals surface area (Å²) in [6, 6.07) is 6.25. The fraction of sp³-hybridized carbons (Fsp3) is 0.412. The average molecular weight is 333 g/mol. The average Bonchev–Trinajstić information content (AvgIpc) is 3.26. The molecule has 1 unspecified atom stereocenters. The normalized spacial score (nSPS) is 17.1. The molecule has 1 aromatic carbocycles. The van der Waals surface area contributed by atoms with Crippen LogP contribution in [-0.4, -0.2) is 48.6 Å². The molecule has 7 heteroatoms. The minimum Gasteiger partial charge on any atom is -0.377 e. The van der Waals surface area contributed by atoms with E-state index in [1.807, 2.05) is 0 Å². The van der Waals surface area contributed by atoms with Crippen molar-refractivity contribution < 1.29 is 18.7 Å². The van der Waals surface area contributed by atoms with Crippen molar-refractivity contribution in [2.45, 2.75) is 18.9 Å². The Morgan fingerprint density at radius 2 is 2.33 bits per heavy atom. The van der Waals surface area contributed by atoms with E-state index in [0.717, 1.165) is 19.4 Å². The lowest BCUT2D eigenvalue weighted by Crippen LogP contribution is -2.28. The van der Waals surface area contributed by atoms with Crippen molar-refractivity contribution in [1.82, 2.24) is 15.5 Å². The number of hydrogen-bond donors (Lipinski definition) is 2. The lowest BCUT2D eigenvalue weighted by molar-refractivity contribution is 0.0183. The largest absolute Gasteiger partial charge is 0.377 e. The Hall–Kier alpha value is -2.25. The number of nitrogens with zero attached hydrogens (tertiary/aromatic N) is 1. The number of nitrogens with one attached hydrogen (secondary N) is 2. The van der Waals surface area contributed by atoms with Crippen LogP contribution < -0.4 is 5.32 Å². The molecule has 1 amide bonds. The van der Waals surface area contributed by atoms with Crippen molar-refractivity contribution in [1.29, 1.82) is 0 Å². The molecule has 1 atom stereocenters. The monoisotopic (exact) mass is 333 g/mol. The third-order valence-electron chi connectivity index (χ3n) is 3.89. The molecule has 0 saturated carbocycles.